The zero-order valence-electron chi connectivity index (χ0n) is 13.0. The first kappa shape index (κ1) is 16.0. The second-order valence-electron chi connectivity index (χ2n) is 6.75. The lowest BCUT2D eigenvalue weighted by molar-refractivity contribution is -0.161. The third-order valence-electron chi connectivity index (χ3n) is 5.51. The van der Waals surface area contributed by atoms with Crippen LogP contribution in [0, 0.1) is 0 Å². The molecule has 24 heavy (non-hydrogen) atoms. The Morgan fingerprint density at radius 2 is 1.71 bits per heavy atom. The van der Waals surface area contributed by atoms with Crippen LogP contribution in [0.25, 0.3) is 0 Å². The lowest BCUT2D eigenvalue weighted by Crippen LogP contribution is -2.64. The van der Waals surface area contributed by atoms with Crippen molar-refractivity contribution in [2.24, 2.45) is 0 Å². The predicted molar refractivity (Wildman–Crippen MR) is 90.3 cm³/mol. The highest BCUT2D eigenvalue weighted by molar-refractivity contribution is 6.42. The summed E-state index contributed by atoms with van der Waals surface area (Å²) in [5.41, 5.74) is 0.590. The van der Waals surface area contributed by atoms with E-state index in [1.54, 1.807) is 15.9 Å². The van der Waals surface area contributed by atoms with Gasteiger partial charge in [-0.3, -0.25) is 9.59 Å². The second-order valence-corrected chi connectivity index (χ2v) is 7.54. The van der Waals surface area contributed by atoms with Crippen molar-refractivity contribution >= 4 is 35.0 Å². The number of carbonyl (C=O) groups is 2. The molecule has 3 atom stereocenters. The molecule has 3 aliphatic rings. The fourth-order valence-electron chi connectivity index (χ4n) is 4.34. The van der Waals surface area contributed by atoms with Crippen molar-refractivity contribution in [1.82, 2.24) is 9.80 Å². The first-order chi connectivity index (χ1) is 11.5. The largest absolute Gasteiger partial charge is 0.508 e. The van der Waals surface area contributed by atoms with Crippen LogP contribution in [-0.4, -0.2) is 51.9 Å². The summed E-state index contributed by atoms with van der Waals surface area (Å²) in [5, 5.41) is 10.9. The molecule has 7 heteroatoms. The SMILES string of the molecule is O=C1C2CC(c3c(O)ccc(Cl)c3Cl)CCN2C(=O)C2CCCN12. The Morgan fingerprint density at radius 1 is 1.00 bits per heavy atom. The van der Waals surface area contributed by atoms with Crippen LogP contribution in [0.5, 0.6) is 5.75 Å². The summed E-state index contributed by atoms with van der Waals surface area (Å²) in [6.45, 7) is 1.17. The highest BCUT2D eigenvalue weighted by Gasteiger charge is 2.50. The number of nitrogens with zero attached hydrogens (tertiary/aromatic N) is 2. The molecule has 1 aromatic carbocycles. The summed E-state index contributed by atoms with van der Waals surface area (Å²) in [4.78, 5) is 28.9. The number of piperazine rings is 1. The minimum Gasteiger partial charge on any atom is -0.508 e. The molecule has 0 aliphatic carbocycles. The molecule has 1 aromatic rings. The molecule has 0 aromatic heterocycles. The van der Waals surface area contributed by atoms with Gasteiger partial charge in [-0.15, -0.1) is 0 Å². The molecule has 3 saturated heterocycles. The summed E-state index contributed by atoms with van der Waals surface area (Å²) < 4.78 is 0. The topological polar surface area (TPSA) is 60.9 Å². The van der Waals surface area contributed by atoms with E-state index < -0.39 is 6.04 Å². The number of halogens is 2. The number of phenols is 1. The Kier molecular flexibility index (Phi) is 3.88. The smallest absolute Gasteiger partial charge is 0.246 e. The van der Waals surface area contributed by atoms with Crippen LogP contribution in [0.2, 0.25) is 10.0 Å². The van der Waals surface area contributed by atoms with Gasteiger partial charge < -0.3 is 14.9 Å². The van der Waals surface area contributed by atoms with Gasteiger partial charge in [0.15, 0.2) is 0 Å². The number of amides is 2. The van der Waals surface area contributed by atoms with Gasteiger partial charge >= 0.3 is 0 Å². The van der Waals surface area contributed by atoms with Gasteiger partial charge in [0.1, 0.15) is 17.8 Å². The first-order valence-corrected chi connectivity index (χ1v) is 9.02. The van der Waals surface area contributed by atoms with Gasteiger partial charge in [0.2, 0.25) is 11.8 Å². The molecule has 128 valence electrons. The van der Waals surface area contributed by atoms with Crippen molar-refractivity contribution in [3.05, 3.63) is 27.7 Å². The molecule has 0 spiro atoms. The van der Waals surface area contributed by atoms with E-state index in [1.807, 2.05) is 0 Å². The Morgan fingerprint density at radius 3 is 2.50 bits per heavy atom. The Hall–Kier alpha value is -1.46. The number of rotatable bonds is 1. The van der Waals surface area contributed by atoms with Gasteiger partial charge in [0, 0.05) is 18.7 Å². The quantitative estimate of drug-likeness (QED) is 0.828. The molecule has 2 amide bonds. The van der Waals surface area contributed by atoms with Gasteiger partial charge in [-0.1, -0.05) is 23.2 Å². The van der Waals surface area contributed by atoms with Gasteiger partial charge in [0.25, 0.3) is 0 Å². The Labute approximate surface area is 150 Å². The van der Waals surface area contributed by atoms with Crippen molar-refractivity contribution in [2.75, 3.05) is 13.1 Å². The third-order valence-corrected chi connectivity index (χ3v) is 6.33. The van der Waals surface area contributed by atoms with Crippen molar-refractivity contribution in [1.29, 1.82) is 0 Å². The summed E-state index contributed by atoms with van der Waals surface area (Å²) in [5.74, 6) is 0.0984. The van der Waals surface area contributed by atoms with E-state index in [1.165, 1.54) is 6.07 Å². The third kappa shape index (κ3) is 2.29. The fourth-order valence-corrected chi connectivity index (χ4v) is 4.82. The Bertz CT molecular complexity index is 724. The minimum atomic E-state index is -0.458. The minimum absolute atomic E-state index is 0.0273. The van der Waals surface area contributed by atoms with Gasteiger partial charge in [0.05, 0.1) is 10.0 Å². The molecule has 4 rings (SSSR count). The lowest BCUT2D eigenvalue weighted by Gasteiger charge is -2.46. The number of benzene rings is 1. The monoisotopic (exact) mass is 368 g/mol. The van der Waals surface area contributed by atoms with E-state index in [-0.39, 0.29) is 29.5 Å². The number of carbonyl (C=O) groups excluding carboxylic acids is 2. The molecule has 3 unspecified atom stereocenters. The Balaban J connectivity index is 1.65. The van der Waals surface area contributed by atoms with Crippen LogP contribution in [0.3, 0.4) is 0 Å². The molecular formula is C17H18Cl2N2O3. The lowest BCUT2D eigenvalue weighted by atomic mass is 9.83. The first-order valence-electron chi connectivity index (χ1n) is 8.27. The average molecular weight is 369 g/mol. The molecule has 0 saturated carbocycles. The van der Waals surface area contributed by atoms with Crippen molar-refractivity contribution in [2.45, 2.75) is 43.7 Å². The summed E-state index contributed by atoms with van der Waals surface area (Å²) in [6, 6.07) is 2.36. The normalized spacial score (nSPS) is 29.7. The van der Waals surface area contributed by atoms with E-state index in [0.29, 0.717) is 41.5 Å². The van der Waals surface area contributed by atoms with Crippen LogP contribution in [0.4, 0.5) is 0 Å². The summed E-state index contributed by atoms with van der Waals surface area (Å²) in [6.07, 6.45) is 2.78. The van der Waals surface area contributed by atoms with Crippen LogP contribution >= 0.6 is 23.2 Å². The predicted octanol–water partition coefficient (Wildman–Crippen LogP) is 2.78. The molecule has 3 fully saturated rings. The molecule has 5 nitrogen and oxygen atoms in total. The van der Waals surface area contributed by atoms with Crippen LogP contribution in [-0.2, 0) is 9.59 Å². The second kappa shape index (κ2) is 5.81. The fraction of sp³-hybridized carbons (Fsp3) is 0.529. The summed E-state index contributed by atoms with van der Waals surface area (Å²) >= 11 is 12.4. The van der Waals surface area contributed by atoms with Crippen LogP contribution in [0.1, 0.15) is 37.2 Å². The number of piperidine rings is 1. The van der Waals surface area contributed by atoms with Gasteiger partial charge in [-0.2, -0.15) is 0 Å². The van der Waals surface area contributed by atoms with E-state index in [9.17, 15) is 14.7 Å². The van der Waals surface area contributed by atoms with Crippen molar-refractivity contribution in [3.8, 4) is 5.75 Å². The summed E-state index contributed by atoms with van der Waals surface area (Å²) in [7, 11) is 0. The van der Waals surface area contributed by atoms with Crippen LogP contribution < -0.4 is 0 Å². The van der Waals surface area contributed by atoms with Crippen molar-refractivity contribution in [3.63, 3.8) is 0 Å². The van der Waals surface area contributed by atoms with E-state index in [4.69, 9.17) is 23.2 Å². The van der Waals surface area contributed by atoms with E-state index in [0.717, 1.165) is 12.8 Å². The molecule has 0 bridgehead atoms. The standard InChI is InChI=1S/C17H18Cl2N2O3/c18-10-3-4-13(22)14(15(10)19)9-5-7-21-12(8-9)17(24)20-6-1-2-11(20)16(21)23/h3-4,9,11-12,22H,1-2,5-8H2. The number of hydrogen-bond acceptors (Lipinski definition) is 3. The van der Waals surface area contributed by atoms with E-state index in [2.05, 4.69) is 0 Å². The number of fused-ring (bicyclic) bond motifs is 2. The molecular weight excluding hydrogens is 351 g/mol. The van der Waals surface area contributed by atoms with Crippen molar-refractivity contribution < 1.29 is 14.7 Å². The average Bonchev–Trinajstić information content (AvgIpc) is 3.06. The van der Waals surface area contributed by atoms with Crippen LogP contribution in [0.15, 0.2) is 12.1 Å². The maximum Gasteiger partial charge on any atom is 0.246 e. The molecule has 0 radical (unpaired) electrons. The van der Waals surface area contributed by atoms with Gasteiger partial charge in [-0.25, -0.2) is 0 Å². The number of aromatic hydroxyl groups is 1. The highest BCUT2D eigenvalue weighted by Crippen LogP contribution is 2.44. The number of hydrogen-bond donors (Lipinski definition) is 1. The van der Waals surface area contributed by atoms with Gasteiger partial charge in [-0.05, 0) is 43.7 Å². The number of phenolic OH excluding ortho intramolecular Hbond substituents is 1. The maximum atomic E-state index is 12.8. The molecule has 3 heterocycles. The molecule has 3 aliphatic heterocycles. The zero-order valence-corrected chi connectivity index (χ0v) is 14.6. The maximum absolute atomic E-state index is 12.8. The molecule has 1 N–H and O–H groups in total. The highest BCUT2D eigenvalue weighted by atomic mass is 35.5. The van der Waals surface area contributed by atoms with E-state index >= 15 is 0 Å². The zero-order chi connectivity index (χ0) is 17.0.